The molecule has 1 unspecified atom stereocenters. The molecule has 0 aromatic heterocycles. The van der Waals surface area contributed by atoms with Crippen LogP contribution in [0.1, 0.15) is 46.6 Å². The van der Waals surface area contributed by atoms with E-state index in [1.165, 1.54) is 5.56 Å². The van der Waals surface area contributed by atoms with Crippen LogP contribution in [0.15, 0.2) is 18.2 Å². The summed E-state index contributed by atoms with van der Waals surface area (Å²) in [7, 11) is 1.69. The fraction of sp³-hybridized carbons (Fsp3) is 0.650. The highest BCUT2D eigenvalue weighted by molar-refractivity contribution is 5.68. The number of ether oxygens (including phenoxy) is 2. The highest BCUT2D eigenvalue weighted by Gasteiger charge is 2.39. The van der Waals surface area contributed by atoms with Gasteiger partial charge in [0.2, 0.25) is 0 Å². The molecule has 0 saturated carbocycles. The summed E-state index contributed by atoms with van der Waals surface area (Å²) in [4.78, 5) is 14.2. The number of hydrogen-bond acceptors (Lipinski definition) is 4. The lowest BCUT2D eigenvalue weighted by molar-refractivity contribution is 0.00690. The van der Waals surface area contributed by atoms with Gasteiger partial charge in [0.05, 0.1) is 12.8 Å². The minimum atomic E-state index is -0.467. The van der Waals surface area contributed by atoms with E-state index in [1.807, 2.05) is 37.8 Å². The fourth-order valence-corrected chi connectivity index (χ4v) is 3.23. The molecule has 1 aliphatic heterocycles. The molecule has 1 heterocycles. The fourth-order valence-electron chi connectivity index (χ4n) is 3.23. The summed E-state index contributed by atoms with van der Waals surface area (Å²) in [5.74, 6) is 0.843. The highest BCUT2D eigenvalue weighted by atomic mass is 16.6. The topological polar surface area (TPSA) is 50.8 Å². The average molecular weight is 348 g/mol. The molecule has 5 nitrogen and oxygen atoms in total. The van der Waals surface area contributed by atoms with Crippen LogP contribution < -0.4 is 10.1 Å². The minimum absolute atomic E-state index is 0.0795. The number of nitrogens with one attached hydrogen (secondary N) is 1. The van der Waals surface area contributed by atoms with Crippen LogP contribution >= 0.6 is 0 Å². The van der Waals surface area contributed by atoms with E-state index in [2.05, 4.69) is 32.2 Å². The Labute approximate surface area is 151 Å². The first-order valence-corrected chi connectivity index (χ1v) is 8.91. The van der Waals surface area contributed by atoms with E-state index in [9.17, 15) is 4.79 Å². The first kappa shape index (κ1) is 19.4. The second-order valence-corrected chi connectivity index (χ2v) is 8.58. The molecule has 1 aromatic rings. The molecular formula is C20H32N2O3. The summed E-state index contributed by atoms with van der Waals surface area (Å²) in [6.45, 7) is 13.5. The molecule has 0 spiro atoms. The molecule has 1 fully saturated rings. The number of hydrogen-bond donors (Lipinski definition) is 1. The number of amides is 1. The van der Waals surface area contributed by atoms with Gasteiger partial charge in [-0.25, -0.2) is 4.79 Å². The van der Waals surface area contributed by atoms with Gasteiger partial charge in [0.1, 0.15) is 11.4 Å². The zero-order valence-corrected chi connectivity index (χ0v) is 16.6. The van der Waals surface area contributed by atoms with Crippen molar-refractivity contribution >= 4 is 11.8 Å². The number of methoxy groups -OCH3 is 1. The maximum Gasteiger partial charge on any atom is 0.410 e. The molecule has 1 aromatic carbocycles. The lowest BCUT2D eigenvalue weighted by Gasteiger charge is -2.45. The van der Waals surface area contributed by atoms with Crippen LogP contribution in [0.3, 0.4) is 0 Å². The molecule has 1 amide bonds. The van der Waals surface area contributed by atoms with Gasteiger partial charge >= 0.3 is 6.09 Å². The summed E-state index contributed by atoms with van der Waals surface area (Å²) in [5, 5.41) is 3.64. The molecule has 1 N–H and O–H groups in total. The van der Waals surface area contributed by atoms with Crippen molar-refractivity contribution < 1.29 is 14.3 Å². The predicted octanol–water partition coefficient (Wildman–Crippen LogP) is 4.45. The van der Waals surface area contributed by atoms with Gasteiger partial charge in [0.15, 0.2) is 0 Å². The van der Waals surface area contributed by atoms with Gasteiger partial charge in [-0.05, 0) is 51.8 Å². The largest absolute Gasteiger partial charge is 0.495 e. The monoisotopic (exact) mass is 348 g/mol. The summed E-state index contributed by atoms with van der Waals surface area (Å²) < 4.78 is 11.0. The van der Waals surface area contributed by atoms with Crippen molar-refractivity contribution in [3.8, 4) is 5.75 Å². The number of rotatable bonds is 3. The number of piperidine rings is 1. The molecular weight excluding hydrogens is 316 g/mol. The van der Waals surface area contributed by atoms with Crippen LogP contribution in [0.5, 0.6) is 5.75 Å². The summed E-state index contributed by atoms with van der Waals surface area (Å²) in [6.07, 6.45) is 0.635. The van der Waals surface area contributed by atoms with E-state index >= 15 is 0 Å². The molecule has 140 valence electrons. The third-order valence-corrected chi connectivity index (χ3v) is 4.57. The standard InChI is InChI=1S/C20H32N2O3/c1-14-8-9-16(24-7)15(12-14)21-17-10-11-22(13-20(17,5)6)18(23)25-19(2,3)4/h8-9,12,17,21H,10-11,13H2,1-7H3. The third kappa shape index (κ3) is 5.03. The molecule has 0 radical (unpaired) electrons. The zero-order valence-electron chi connectivity index (χ0n) is 16.6. The molecule has 0 aliphatic carbocycles. The molecule has 1 aliphatic rings. The van der Waals surface area contributed by atoms with E-state index in [0.29, 0.717) is 13.1 Å². The van der Waals surface area contributed by atoms with Gasteiger partial charge in [0.25, 0.3) is 0 Å². The van der Waals surface area contributed by atoms with Crippen LogP contribution in [0, 0.1) is 12.3 Å². The highest BCUT2D eigenvalue weighted by Crippen LogP contribution is 2.35. The third-order valence-electron chi connectivity index (χ3n) is 4.57. The first-order valence-electron chi connectivity index (χ1n) is 8.91. The second-order valence-electron chi connectivity index (χ2n) is 8.58. The predicted molar refractivity (Wildman–Crippen MR) is 101 cm³/mol. The number of aryl methyl sites for hydroxylation is 1. The Balaban J connectivity index is 2.09. The first-order chi connectivity index (χ1) is 11.5. The molecule has 1 atom stereocenters. The van der Waals surface area contributed by atoms with Gasteiger partial charge in [-0.3, -0.25) is 0 Å². The van der Waals surface area contributed by atoms with Crippen molar-refractivity contribution in [3.63, 3.8) is 0 Å². The van der Waals surface area contributed by atoms with E-state index in [-0.39, 0.29) is 17.6 Å². The maximum atomic E-state index is 12.4. The molecule has 0 bridgehead atoms. The minimum Gasteiger partial charge on any atom is -0.495 e. The van der Waals surface area contributed by atoms with Gasteiger partial charge < -0.3 is 19.7 Å². The Kier molecular flexibility index (Phi) is 5.55. The van der Waals surface area contributed by atoms with E-state index in [1.54, 1.807) is 7.11 Å². The van der Waals surface area contributed by atoms with Crippen molar-refractivity contribution in [3.05, 3.63) is 23.8 Å². The number of benzene rings is 1. The lowest BCUT2D eigenvalue weighted by Crippen LogP contribution is -2.54. The molecule has 5 heteroatoms. The SMILES string of the molecule is COc1ccc(C)cc1NC1CCN(C(=O)OC(C)(C)C)CC1(C)C. The van der Waals surface area contributed by atoms with Crippen LogP contribution in [0.25, 0.3) is 0 Å². The van der Waals surface area contributed by atoms with Crippen LogP contribution in [0.4, 0.5) is 10.5 Å². The smallest absolute Gasteiger partial charge is 0.410 e. The second kappa shape index (κ2) is 7.14. The molecule has 25 heavy (non-hydrogen) atoms. The molecule has 1 saturated heterocycles. The van der Waals surface area contributed by atoms with Crippen LogP contribution in [0.2, 0.25) is 0 Å². The Morgan fingerprint density at radius 2 is 2.00 bits per heavy atom. The molecule has 2 rings (SSSR count). The van der Waals surface area contributed by atoms with E-state index < -0.39 is 5.60 Å². The summed E-state index contributed by atoms with van der Waals surface area (Å²) >= 11 is 0. The Hall–Kier alpha value is -1.91. The van der Waals surface area contributed by atoms with Crippen molar-refractivity contribution in [2.75, 3.05) is 25.5 Å². The van der Waals surface area contributed by atoms with Crippen molar-refractivity contribution in [1.82, 2.24) is 4.90 Å². The zero-order chi connectivity index (χ0) is 18.8. The Morgan fingerprint density at radius 1 is 1.32 bits per heavy atom. The van der Waals surface area contributed by atoms with Crippen molar-refractivity contribution in [2.45, 2.75) is 59.6 Å². The average Bonchev–Trinajstić information content (AvgIpc) is 2.47. The van der Waals surface area contributed by atoms with Crippen LogP contribution in [-0.4, -0.2) is 42.8 Å². The number of likely N-dealkylation sites (tertiary alicyclic amines) is 1. The number of nitrogens with zero attached hydrogens (tertiary/aromatic N) is 1. The lowest BCUT2D eigenvalue weighted by atomic mass is 9.79. The maximum absolute atomic E-state index is 12.4. The number of carbonyl (C=O) groups is 1. The van der Waals surface area contributed by atoms with E-state index in [0.717, 1.165) is 17.9 Å². The summed E-state index contributed by atoms with van der Waals surface area (Å²) in [6, 6.07) is 6.39. The number of anilines is 1. The van der Waals surface area contributed by atoms with Gasteiger partial charge in [-0.1, -0.05) is 19.9 Å². The van der Waals surface area contributed by atoms with Crippen molar-refractivity contribution in [1.29, 1.82) is 0 Å². The Morgan fingerprint density at radius 3 is 2.56 bits per heavy atom. The van der Waals surface area contributed by atoms with Gasteiger partial charge in [-0.15, -0.1) is 0 Å². The van der Waals surface area contributed by atoms with Gasteiger partial charge in [-0.2, -0.15) is 0 Å². The van der Waals surface area contributed by atoms with E-state index in [4.69, 9.17) is 9.47 Å². The van der Waals surface area contributed by atoms with Crippen molar-refractivity contribution in [2.24, 2.45) is 5.41 Å². The normalized spacial score (nSPS) is 20.1. The van der Waals surface area contributed by atoms with Crippen LogP contribution in [-0.2, 0) is 4.74 Å². The summed E-state index contributed by atoms with van der Waals surface area (Å²) in [5.41, 5.74) is 1.65. The Bertz CT molecular complexity index is 620. The number of carbonyl (C=O) groups excluding carboxylic acids is 1. The quantitative estimate of drug-likeness (QED) is 0.877. The van der Waals surface area contributed by atoms with Gasteiger partial charge in [0, 0.05) is 24.5 Å².